The summed E-state index contributed by atoms with van der Waals surface area (Å²) in [5.41, 5.74) is -0.0406. The van der Waals surface area contributed by atoms with E-state index in [4.69, 9.17) is 5.11 Å². The number of hydrogen-bond acceptors (Lipinski definition) is 4. The molecule has 1 saturated heterocycles. The van der Waals surface area contributed by atoms with E-state index in [0.29, 0.717) is 24.6 Å². The zero-order chi connectivity index (χ0) is 15.1. The lowest BCUT2D eigenvalue weighted by Gasteiger charge is -2.45. The Bertz CT molecular complexity index is 569. The molecule has 20 heavy (non-hydrogen) atoms. The van der Waals surface area contributed by atoms with Crippen molar-refractivity contribution in [3.63, 3.8) is 0 Å². The van der Waals surface area contributed by atoms with E-state index in [-0.39, 0.29) is 11.5 Å². The average Bonchev–Trinajstić information content (AvgIpc) is 2.35. The van der Waals surface area contributed by atoms with Gasteiger partial charge in [-0.2, -0.15) is 0 Å². The van der Waals surface area contributed by atoms with Gasteiger partial charge in [-0.05, 0) is 32.9 Å². The Morgan fingerprint density at radius 2 is 2.00 bits per heavy atom. The van der Waals surface area contributed by atoms with Crippen LogP contribution in [0.1, 0.15) is 29.9 Å². The van der Waals surface area contributed by atoms with Crippen LogP contribution >= 0.6 is 0 Å². The molecule has 0 bridgehead atoms. The van der Waals surface area contributed by atoms with Gasteiger partial charge in [0.2, 0.25) is 5.91 Å². The average molecular weight is 277 g/mol. The molecule has 1 fully saturated rings. The van der Waals surface area contributed by atoms with Crippen LogP contribution in [0.3, 0.4) is 0 Å². The fourth-order valence-electron chi connectivity index (χ4n) is 2.54. The van der Waals surface area contributed by atoms with Gasteiger partial charge in [0.25, 0.3) is 0 Å². The lowest BCUT2D eigenvalue weighted by atomic mass is 9.97. The number of anilines is 1. The third kappa shape index (κ3) is 2.21. The number of likely N-dealkylation sites (N-methyl/N-ethyl adjacent to an activating group) is 1. The van der Waals surface area contributed by atoms with Gasteiger partial charge in [-0.25, -0.2) is 9.78 Å². The minimum Gasteiger partial charge on any atom is -0.478 e. The van der Waals surface area contributed by atoms with Crippen LogP contribution in [0, 0.1) is 6.92 Å². The molecule has 1 aromatic rings. The van der Waals surface area contributed by atoms with Crippen LogP contribution in [0.25, 0.3) is 0 Å². The Hall–Kier alpha value is -2.11. The minimum atomic E-state index is -0.990. The molecule has 1 amide bonds. The van der Waals surface area contributed by atoms with E-state index in [0.717, 1.165) is 0 Å². The van der Waals surface area contributed by atoms with Crippen molar-refractivity contribution in [1.29, 1.82) is 0 Å². The van der Waals surface area contributed by atoms with E-state index in [9.17, 15) is 9.59 Å². The Balaban J connectivity index is 2.39. The number of hydrogen-bond donors (Lipinski definition) is 1. The SMILES string of the molecule is Cc1nc(N2CCN(C)C(=O)C2(C)C)ccc1C(=O)O. The fourth-order valence-corrected chi connectivity index (χ4v) is 2.54. The van der Waals surface area contributed by atoms with Crippen molar-refractivity contribution in [2.45, 2.75) is 26.3 Å². The van der Waals surface area contributed by atoms with Crippen molar-refractivity contribution >= 4 is 17.7 Å². The van der Waals surface area contributed by atoms with E-state index in [1.165, 1.54) is 0 Å². The molecule has 6 nitrogen and oxygen atoms in total. The highest BCUT2D eigenvalue weighted by Crippen LogP contribution is 2.27. The van der Waals surface area contributed by atoms with Crippen LogP contribution in [0.2, 0.25) is 0 Å². The smallest absolute Gasteiger partial charge is 0.337 e. The van der Waals surface area contributed by atoms with Gasteiger partial charge in [0.05, 0.1) is 11.3 Å². The van der Waals surface area contributed by atoms with Crippen molar-refractivity contribution < 1.29 is 14.7 Å². The summed E-state index contributed by atoms with van der Waals surface area (Å²) in [7, 11) is 1.79. The quantitative estimate of drug-likeness (QED) is 0.877. The standard InChI is InChI=1S/C14H19N3O3/c1-9-10(12(18)19)5-6-11(15-9)17-8-7-16(4)13(20)14(17,2)3/h5-6H,7-8H2,1-4H3,(H,18,19). The van der Waals surface area contributed by atoms with Crippen molar-refractivity contribution in [2.24, 2.45) is 0 Å². The molecule has 1 aliphatic heterocycles. The van der Waals surface area contributed by atoms with Crippen LogP contribution in [0.15, 0.2) is 12.1 Å². The van der Waals surface area contributed by atoms with Gasteiger partial charge in [-0.15, -0.1) is 0 Å². The number of carboxylic acids is 1. The summed E-state index contributed by atoms with van der Waals surface area (Å²) in [4.78, 5) is 31.2. The Morgan fingerprint density at radius 3 is 2.55 bits per heavy atom. The largest absolute Gasteiger partial charge is 0.478 e. The molecule has 0 spiro atoms. The molecule has 1 aliphatic rings. The second kappa shape index (κ2) is 4.77. The fraction of sp³-hybridized carbons (Fsp3) is 0.500. The summed E-state index contributed by atoms with van der Waals surface area (Å²) in [5, 5.41) is 9.03. The summed E-state index contributed by atoms with van der Waals surface area (Å²) >= 11 is 0. The number of carbonyl (C=O) groups excluding carboxylic acids is 1. The monoisotopic (exact) mass is 277 g/mol. The van der Waals surface area contributed by atoms with Crippen LogP contribution in [-0.4, -0.2) is 52.5 Å². The normalized spacial score (nSPS) is 18.3. The molecular weight excluding hydrogens is 258 g/mol. The van der Waals surface area contributed by atoms with Crippen molar-refractivity contribution in [1.82, 2.24) is 9.88 Å². The first-order chi connectivity index (χ1) is 9.25. The van der Waals surface area contributed by atoms with Crippen LogP contribution in [0.4, 0.5) is 5.82 Å². The molecule has 0 saturated carbocycles. The summed E-state index contributed by atoms with van der Waals surface area (Å²) < 4.78 is 0. The second-order valence-electron chi connectivity index (χ2n) is 5.54. The summed E-state index contributed by atoms with van der Waals surface area (Å²) in [6.45, 7) is 6.68. The van der Waals surface area contributed by atoms with Gasteiger partial charge in [0, 0.05) is 20.1 Å². The molecular formula is C14H19N3O3. The number of nitrogens with zero attached hydrogens (tertiary/aromatic N) is 3. The predicted molar refractivity (Wildman–Crippen MR) is 75.0 cm³/mol. The molecule has 0 aliphatic carbocycles. The molecule has 0 aromatic carbocycles. The maximum atomic E-state index is 12.3. The molecule has 2 heterocycles. The van der Waals surface area contributed by atoms with Crippen LogP contribution in [-0.2, 0) is 4.79 Å². The molecule has 0 atom stereocenters. The zero-order valence-corrected chi connectivity index (χ0v) is 12.2. The van der Waals surface area contributed by atoms with Gasteiger partial charge in [-0.1, -0.05) is 0 Å². The summed E-state index contributed by atoms with van der Waals surface area (Å²) in [5.74, 6) is -0.320. The maximum absolute atomic E-state index is 12.3. The number of aryl methyl sites for hydroxylation is 1. The number of pyridine rings is 1. The van der Waals surface area contributed by atoms with E-state index >= 15 is 0 Å². The summed E-state index contributed by atoms with van der Waals surface area (Å²) in [6.07, 6.45) is 0. The highest BCUT2D eigenvalue weighted by Gasteiger charge is 2.41. The van der Waals surface area contributed by atoms with Gasteiger partial charge in [0.1, 0.15) is 11.4 Å². The Labute approximate surface area is 118 Å². The first kappa shape index (κ1) is 14.3. The minimum absolute atomic E-state index is 0.0329. The number of rotatable bonds is 2. The Morgan fingerprint density at radius 1 is 1.35 bits per heavy atom. The maximum Gasteiger partial charge on any atom is 0.337 e. The first-order valence-corrected chi connectivity index (χ1v) is 6.49. The molecule has 2 rings (SSSR count). The van der Waals surface area contributed by atoms with Gasteiger partial charge < -0.3 is 14.9 Å². The van der Waals surface area contributed by atoms with Gasteiger partial charge in [0.15, 0.2) is 0 Å². The van der Waals surface area contributed by atoms with Crippen molar-refractivity contribution in [2.75, 3.05) is 25.0 Å². The zero-order valence-electron chi connectivity index (χ0n) is 12.2. The highest BCUT2D eigenvalue weighted by atomic mass is 16.4. The third-order valence-electron chi connectivity index (χ3n) is 3.78. The van der Waals surface area contributed by atoms with Crippen LogP contribution < -0.4 is 4.90 Å². The van der Waals surface area contributed by atoms with Crippen molar-refractivity contribution in [3.05, 3.63) is 23.4 Å². The van der Waals surface area contributed by atoms with E-state index in [1.54, 1.807) is 31.0 Å². The van der Waals surface area contributed by atoms with E-state index < -0.39 is 11.5 Å². The number of aromatic nitrogens is 1. The third-order valence-corrected chi connectivity index (χ3v) is 3.78. The number of carbonyl (C=O) groups is 2. The lowest BCUT2D eigenvalue weighted by molar-refractivity contribution is -0.136. The topological polar surface area (TPSA) is 73.7 Å². The van der Waals surface area contributed by atoms with Crippen molar-refractivity contribution in [3.8, 4) is 0 Å². The second-order valence-corrected chi connectivity index (χ2v) is 5.54. The highest BCUT2D eigenvalue weighted by molar-refractivity contribution is 5.91. The first-order valence-electron chi connectivity index (χ1n) is 6.49. The molecule has 6 heteroatoms. The molecule has 1 aromatic heterocycles. The van der Waals surface area contributed by atoms with Gasteiger partial charge in [-0.3, -0.25) is 4.79 Å². The number of piperazine rings is 1. The van der Waals surface area contributed by atoms with Crippen LogP contribution in [0.5, 0.6) is 0 Å². The molecule has 108 valence electrons. The predicted octanol–water partition coefficient (Wildman–Crippen LogP) is 1.15. The van der Waals surface area contributed by atoms with Gasteiger partial charge >= 0.3 is 5.97 Å². The number of amides is 1. The van der Waals surface area contributed by atoms with E-state index in [1.807, 2.05) is 18.7 Å². The molecule has 0 unspecified atom stereocenters. The summed E-state index contributed by atoms with van der Waals surface area (Å²) in [6, 6.07) is 3.20. The lowest BCUT2D eigenvalue weighted by Crippen LogP contribution is -2.62. The van der Waals surface area contributed by atoms with E-state index in [2.05, 4.69) is 4.98 Å². The molecule has 0 radical (unpaired) electrons. The number of carboxylic acid groups (broad SMARTS) is 1. The number of aromatic carboxylic acids is 1. The molecule has 1 N–H and O–H groups in total. The Kier molecular flexibility index (Phi) is 3.41.